The summed E-state index contributed by atoms with van der Waals surface area (Å²) in [5, 5.41) is 0. The second kappa shape index (κ2) is 6.19. The number of nitrogens with two attached hydrogens (primary N) is 1. The summed E-state index contributed by atoms with van der Waals surface area (Å²) in [4.78, 5) is 1.31. The van der Waals surface area contributed by atoms with E-state index < -0.39 is 10.0 Å². The van der Waals surface area contributed by atoms with Crippen LogP contribution in [0.2, 0.25) is 0 Å². The Balaban J connectivity index is 2.17. The first-order valence-corrected chi connectivity index (χ1v) is 8.59. The third kappa shape index (κ3) is 3.68. The zero-order chi connectivity index (χ0) is 14.6. The highest BCUT2D eigenvalue weighted by Crippen LogP contribution is 2.22. The first kappa shape index (κ1) is 14.7. The second-order valence-electron chi connectivity index (χ2n) is 4.13. The summed E-state index contributed by atoms with van der Waals surface area (Å²) in [5.74, 6) is 0.983. The van der Waals surface area contributed by atoms with Gasteiger partial charge in [0.1, 0.15) is 0 Å². The van der Waals surface area contributed by atoms with Gasteiger partial charge in [0.05, 0.1) is 4.90 Å². The van der Waals surface area contributed by atoms with E-state index in [-0.39, 0.29) is 4.90 Å². The quantitative estimate of drug-likeness (QED) is 0.657. The molecule has 0 aliphatic rings. The normalized spacial score (nSPS) is 11.2. The molecular weight excluding hydrogens is 292 g/mol. The maximum absolute atomic E-state index is 12.2. The van der Waals surface area contributed by atoms with Crippen LogP contribution in [-0.2, 0) is 10.0 Å². The van der Waals surface area contributed by atoms with Gasteiger partial charge in [-0.2, -0.15) is 0 Å². The summed E-state index contributed by atoms with van der Waals surface area (Å²) in [6.07, 6.45) is 0. The number of nitrogens with one attached hydrogen (secondary N) is 1. The molecule has 0 aliphatic heterocycles. The van der Waals surface area contributed by atoms with Gasteiger partial charge in [-0.05, 0) is 54.3 Å². The predicted molar refractivity (Wildman–Crippen MR) is 84.5 cm³/mol. The minimum atomic E-state index is -3.57. The predicted octanol–water partition coefficient (Wildman–Crippen LogP) is 3.18. The fourth-order valence-corrected chi connectivity index (χ4v) is 3.37. The molecule has 6 heteroatoms. The molecule has 4 nitrogen and oxygen atoms in total. The molecule has 0 heterocycles. The van der Waals surface area contributed by atoms with E-state index in [0.717, 1.165) is 10.6 Å². The van der Waals surface area contributed by atoms with Crippen molar-refractivity contribution < 1.29 is 8.42 Å². The summed E-state index contributed by atoms with van der Waals surface area (Å²) in [5.41, 5.74) is 6.63. The molecule has 2 aromatic rings. The monoisotopic (exact) mass is 308 g/mol. The van der Waals surface area contributed by atoms with E-state index in [1.54, 1.807) is 36.0 Å². The average Bonchev–Trinajstić information content (AvgIpc) is 2.41. The van der Waals surface area contributed by atoms with Crippen molar-refractivity contribution in [1.29, 1.82) is 0 Å². The van der Waals surface area contributed by atoms with Crippen LogP contribution in [0.3, 0.4) is 0 Å². The lowest BCUT2D eigenvalue weighted by molar-refractivity contribution is 0.601. The molecule has 0 radical (unpaired) electrons. The molecule has 0 amide bonds. The van der Waals surface area contributed by atoms with Crippen LogP contribution in [0.4, 0.5) is 11.4 Å². The van der Waals surface area contributed by atoms with E-state index in [2.05, 4.69) is 11.6 Å². The van der Waals surface area contributed by atoms with Gasteiger partial charge in [-0.15, -0.1) is 11.8 Å². The number of sulfonamides is 1. The average molecular weight is 308 g/mol. The van der Waals surface area contributed by atoms with Crippen LogP contribution >= 0.6 is 11.8 Å². The van der Waals surface area contributed by atoms with Crippen LogP contribution in [0.25, 0.3) is 0 Å². The third-order valence-corrected chi connectivity index (χ3v) is 4.90. The molecule has 0 bridgehead atoms. The standard InChI is InChI=1S/C14H16N2O2S2/c1-2-19-13-7-5-12(6-8-13)16-20(17,18)14-9-3-11(15)4-10-14/h3-10,16H,2,15H2,1H3. The number of benzene rings is 2. The number of hydrogen-bond donors (Lipinski definition) is 2. The summed E-state index contributed by atoms with van der Waals surface area (Å²) in [6, 6.07) is 13.4. The van der Waals surface area contributed by atoms with E-state index in [0.29, 0.717) is 11.4 Å². The van der Waals surface area contributed by atoms with E-state index in [1.165, 1.54) is 12.1 Å². The number of hydrogen-bond acceptors (Lipinski definition) is 4. The van der Waals surface area contributed by atoms with E-state index in [1.807, 2.05) is 12.1 Å². The molecule has 0 unspecified atom stereocenters. The van der Waals surface area contributed by atoms with Crippen molar-refractivity contribution >= 4 is 33.2 Å². The van der Waals surface area contributed by atoms with Crippen LogP contribution in [0.5, 0.6) is 0 Å². The highest BCUT2D eigenvalue weighted by Gasteiger charge is 2.13. The van der Waals surface area contributed by atoms with Gasteiger partial charge in [0.25, 0.3) is 10.0 Å². The number of anilines is 2. The number of rotatable bonds is 5. The van der Waals surface area contributed by atoms with Crippen molar-refractivity contribution in [1.82, 2.24) is 0 Å². The molecule has 0 atom stereocenters. The van der Waals surface area contributed by atoms with Crippen molar-refractivity contribution in [2.75, 3.05) is 16.2 Å². The van der Waals surface area contributed by atoms with E-state index >= 15 is 0 Å². The molecule has 0 fully saturated rings. The van der Waals surface area contributed by atoms with Gasteiger partial charge < -0.3 is 5.73 Å². The molecule has 0 saturated heterocycles. The van der Waals surface area contributed by atoms with Crippen molar-refractivity contribution in [2.24, 2.45) is 0 Å². The molecule has 2 rings (SSSR count). The first-order chi connectivity index (χ1) is 9.51. The summed E-state index contributed by atoms with van der Waals surface area (Å²) >= 11 is 1.71. The Morgan fingerprint density at radius 2 is 1.65 bits per heavy atom. The lowest BCUT2D eigenvalue weighted by Gasteiger charge is -2.09. The Hall–Kier alpha value is -1.66. The Bertz CT molecular complexity index is 665. The van der Waals surface area contributed by atoms with Gasteiger partial charge >= 0.3 is 0 Å². The smallest absolute Gasteiger partial charge is 0.261 e. The SMILES string of the molecule is CCSc1ccc(NS(=O)(=O)c2ccc(N)cc2)cc1. The molecule has 0 saturated carbocycles. The number of thioether (sulfide) groups is 1. The minimum Gasteiger partial charge on any atom is -0.399 e. The zero-order valence-electron chi connectivity index (χ0n) is 11.0. The Morgan fingerprint density at radius 1 is 1.05 bits per heavy atom. The topological polar surface area (TPSA) is 72.2 Å². The second-order valence-corrected chi connectivity index (χ2v) is 7.15. The Morgan fingerprint density at radius 3 is 2.20 bits per heavy atom. The third-order valence-electron chi connectivity index (χ3n) is 2.61. The van der Waals surface area contributed by atoms with Gasteiger partial charge in [-0.25, -0.2) is 8.42 Å². The first-order valence-electron chi connectivity index (χ1n) is 6.12. The fourth-order valence-electron chi connectivity index (χ4n) is 1.65. The lowest BCUT2D eigenvalue weighted by Crippen LogP contribution is -2.12. The lowest BCUT2D eigenvalue weighted by atomic mass is 10.3. The summed E-state index contributed by atoms with van der Waals surface area (Å²) in [6.45, 7) is 2.07. The molecule has 0 aromatic heterocycles. The Labute approximate surface area is 123 Å². The van der Waals surface area contributed by atoms with Crippen molar-refractivity contribution in [3.05, 3.63) is 48.5 Å². The van der Waals surface area contributed by atoms with Gasteiger partial charge in [-0.3, -0.25) is 4.72 Å². The van der Waals surface area contributed by atoms with E-state index in [4.69, 9.17) is 5.73 Å². The molecule has 3 N–H and O–H groups in total. The fraction of sp³-hybridized carbons (Fsp3) is 0.143. The van der Waals surface area contributed by atoms with Crippen LogP contribution in [0.15, 0.2) is 58.3 Å². The van der Waals surface area contributed by atoms with Crippen LogP contribution in [0.1, 0.15) is 6.92 Å². The van der Waals surface area contributed by atoms with Gasteiger partial charge in [-0.1, -0.05) is 6.92 Å². The highest BCUT2D eigenvalue weighted by atomic mass is 32.2. The van der Waals surface area contributed by atoms with Crippen LogP contribution in [0, 0.1) is 0 Å². The van der Waals surface area contributed by atoms with E-state index in [9.17, 15) is 8.42 Å². The highest BCUT2D eigenvalue weighted by molar-refractivity contribution is 7.99. The van der Waals surface area contributed by atoms with Gasteiger partial charge in [0, 0.05) is 16.3 Å². The van der Waals surface area contributed by atoms with Crippen LogP contribution in [-0.4, -0.2) is 14.2 Å². The summed E-state index contributed by atoms with van der Waals surface area (Å²) < 4.78 is 26.9. The van der Waals surface area contributed by atoms with Gasteiger partial charge in [0.15, 0.2) is 0 Å². The van der Waals surface area contributed by atoms with Crippen molar-refractivity contribution in [3.8, 4) is 0 Å². The maximum atomic E-state index is 12.2. The molecule has 0 spiro atoms. The Kier molecular flexibility index (Phi) is 4.57. The molecule has 20 heavy (non-hydrogen) atoms. The summed E-state index contributed by atoms with van der Waals surface area (Å²) in [7, 11) is -3.57. The maximum Gasteiger partial charge on any atom is 0.261 e. The molecular formula is C14H16N2O2S2. The van der Waals surface area contributed by atoms with Crippen molar-refractivity contribution in [3.63, 3.8) is 0 Å². The minimum absolute atomic E-state index is 0.193. The molecule has 0 aliphatic carbocycles. The largest absolute Gasteiger partial charge is 0.399 e. The molecule has 106 valence electrons. The van der Waals surface area contributed by atoms with Crippen molar-refractivity contribution in [2.45, 2.75) is 16.7 Å². The number of nitrogen functional groups attached to an aromatic ring is 1. The zero-order valence-corrected chi connectivity index (χ0v) is 12.7. The van der Waals surface area contributed by atoms with Crippen LogP contribution < -0.4 is 10.5 Å². The molecule has 2 aromatic carbocycles. The van der Waals surface area contributed by atoms with Gasteiger partial charge in [0.2, 0.25) is 0 Å².